The van der Waals surface area contributed by atoms with Crippen molar-refractivity contribution in [3.8, 4) is 5.75 Å². The van der Waals surface area contributed by atoms with Crippen LogP contribution in [-0.2, 0) is 29.2 Å². The third-order valence-electron chi connectivity index (χ3n) is 6.32. The zero-order valence-corrected chi connectivity index (χ0v) is 22.3. The number of pyridine rings is 1. The number of aromatic nitrogens is 2. The SMILES string of the molecule is COc1ccc(F)c(CNC(=O)/C(C=NCc2cn3cc(C4CC4)cc(COCCN(C)C)c3n2)=N/N)c1F.[HH]. The molecular formula is C27H35F2N7O3. The van der Waals surface area contributed by atoms with E-state index in [0.717, 1.165) is 23.8 Å². The van der Waals surface area contributed by atoms with Crippen LogP contribution in [-0.4, -0.2) is 66.5 Å². The van der Waals surface area contributed by atoms with Crippen LogP contribution in [0.1, 0.15) is 42.6 Å². The zero-order valence-electron chi connectivity index (χ0n) is 22.3. The molecule has 3 N–H and O–H groups in total. The summed E-state index contributed by atoms with van der Waals surface area (Å²) in [7, 11) is 5.27. The number of halogens is 2. The zero-order chi connectivity index (χ0) is 27.9. The molecule has 0 bridgehead atoms. The molecule has 12 heteroatoms. The number of aliphatic imine (C=N–C) groups is 1. The number of hydrogen-bond donors (Lipinski definition) is 2. The Balaban J connectivity index is 0.00000441. The van der Waals surface area contributed by atoms with Crippen LogP contribution in [0, 0.1) is 11.6 Å². The van der Waals surface area contributed by atoms with Gasteiger partial charge < -0.3 is 29.9 Å². The Morgan fingerprint density at radius 2 is 2.13 bits per heavy atom. The van der Waals surface area contributed by atoms with Gasteiger partial charge in [0.25, 0.3) is 5.91 Å². The minimum Gasteiger partial charge on any atom is -0.494 e. The van der Waals surface area contributed by atoms with Gasteiger partial charge in [-0.25, -0.2) is 13.8 Å². The number of methoxy groups -OCH3 is 1. The van der Waals surface area contributed by atoms with Gasteiger partial charge >= 0.3 is 0 Å². The maximum Gasteiger partial charge on any atom is 0.273 e. The van der Waals surface area contributed by atoms with Gasteiger partial charge in [-0.05, 0) is 56.6 Å². The smallest absolute Gasteiger partial charge is 0.273 e. The first-order valence-corrected chi connectivity index (χ1v) is 12.6. The number of carbonyl (C=O) groups is 1. The number of rotatable bonds is 13. The Hall–Kier alpha value is -3.90. The number of hydrogen-bond acceptors (Lipinski definition) is 8. The van der Waals surface area contributed by atoms with E-state index in [0.29, 0.717) is 24.8 Å². The third-order valence-corrected chi connectivity index (χ3v) is 6.32. The molecule has 1 saturated carbocycles. The van der Waals surface area contributed by atoms with Crippen LogP contribution in [0.5, 0.6) is 5.75 Å². The first-order valence-electron chi connectivity index (χ1n) is 12.6. The summed E-state index contributed by atoms with van der Waals surface area (Å²) in [4.78, 5) is 23.5. The van der Waals surface area contributed by atoms with Crippen molar-refractivity contribution in [2.24, 2.45) is 15.9 Å². The highest BCUT2D eigenvalue weighted by molar-refractivity contribution is 6.60. The third kappa shape index (κ3) is 7.15. The lowest BCUT2D eigenvalue weighted by atomic mass is 10.1. The number of likely N-dealkylation sites (N-methyl/N-ethyl adjacent to an activating group) is 1. The maximum absolute atomic E-state index is 14.3. The first-order chi connectivity index (χ1) is 18.8. The Kier molecular flexibility index (Phi) is 9.20. The molecule has 210 valence electrons. The summed E-state index contributed by atoms with van der Waals surface area (Å²) in [5, 5.41) is 5.86. The van der Waals surface area contributed by atoms with Crippen molar-refractivity contribution in [2.75, 3.05) is 34.4 Å². The first kappa shape index (κ1) is 28.1. The van der Waals surface area contributed by atoms with Gasteiger partial charge in [-0.2, -0.15) is 5.10 Å². The van der Waals surface area contributed by atoms with E-state index in [1.54, 1.807) is 0 Å². The van der Waals surface area contributed by atoms with Gasteiger partial charge in [-0.3, -0.25) is 9.79 Å². The second kappa shape index (κ2) is 12.8. The van der Waals surface area contributed by atoms with Crippen LogP contribution in [0.2, 0.25) is 0 Å². The fourth-order valence-corrected chi connectivity index (χ4v) is 4.03. The van der Waals surface area contributed by atoms with E-state index in [1.165, 1.54) is 37.8 Å². The number of carbonyl (C=O) groups excluding carboxylic acids is 1. The molecule has 3 aromatic rings. The van der Waals surface area contributed by atoms with Gasteiger partial charge in [-0.1, -0.05) is 0 Å². The predicted octanol–water partition coefficient (Wildman–Crippen LogP) is 3.02. The number of amides is 1. The van der Waals surface area contributed by atoms with E-state index in [-0.39, 0.29) is 25.0 Å². The molecule has 1 fully saturated rings. The van der Waals surface area contributed by atoms with Crippen molar-refractivity contribution >= 4 is 23.5 Å². The number of nitrogens with one attached hydrogen (secondary N) is 1. The van der Waals surface area contributed by atoms with E-state index in [4.69, 9.17) is 20.3 Å². The average molecular weight is 544 g/mol. The Morgan fingerprint density at radius 3 is 2.82 bits per heavy atom. The second-order valence-corrected chi connectivity index (χ2v) is 9.60. The molecule has 1 aliphatic carbocycles. The van der Waals surface area contributed by atoms with Gasteiger partial charge in [0, 0.05) is 38.0 Å². The molecule has 2 heterocycles. The number of nitrogens with zero attached hydrogens (tertiary/aromatic N) is 5. The van der Waals surface area contributed by atoms with Crippen molar-refractivity contribution in [1.29, 1.82) is 0 Å². The van der Waals surface area contributed by atoms with Crippen molar-refractivity contribution in [3.63, 3.8) is 0 Å². The van der Waals surface area contributed by atoms with Crippen LogP contribution in [0.4, 0.5) is 8.78 Å². The van der Waals surface area contributed by atoms with E-state index >= 15 is 0 Å². The van der Waals surface area contributed by atoms with Gasteiger partial charge in [0.2, 0.25) is 0 Å². The lowest BCUT2D eigenvalue weighted by molar-refractivity contribution is -0.114. The molecule has 1 amide bonds. The molecule has 4 rings (SSSR count). The number of ether oxygens (including phenoxy) is 2. The van der Waals surface area contributed by atoms with Crippen LogP contribution >= 0.6 is 0 Å². The number of hydrazone groups is 1. The van der Waals surface area contributed by atoms with Crippen molar-refractivity contribution in [1.82, 2.24) is 19.6 Å². The lowest BCUT2D eigenvalue weighted by Crippen LogP contribution is -2.33. The van der Waals surface area contributed by atoms with Crippen molar-refractivity contribution in [3.05, 3.63) is 64.6 Å². The van der Waals surface area contributed by atoms with Crippen LogP contribution in [0.25, 0.3) is 5.65 Å². The van der Waals surface area contributed by atoms with Gasteiger partial charge in [0.05, 0.1) is 38.8 Å². The standard InChI is InChI=1S/C27H33F2N7O3.H2/c1-35(2)8-9-39-16-19-10-18(17-4-5-17)14-36-15-20(33-26(19)36)11-31-13-23(34-30)27(37)32-12-21-22(28)6-7-24(38-3)25(21)29;/h6-7,10,13-15,17H,4-5,8-9,11-12,16,30H2,1-3H3,(H,32,37);1H/b31-13?,34-23+;. The van der Waals surface area contributed by atoms with Gasteiger partial charge in [0.15, 0.2) is 17.3 Å². The summed E-state index contributed by atoms with van der Waals surface area (Å²) in [5.41, 5.74) is 3.21. The lowest BCUT2D eigenvalue weighted by Gasteiger charge is -2.11. The maximum atomic E-state index is 14.3. The summed E-state index contributed by atoms with van der Waals surface area (Å²) in [6.07, 6.45) is 7.55. The largest absolute Gasteiger partial charge is 0.494 e. The molecular weight excluding hydrogens is 508 g/mol. The average Bonchev–Trinajstić information content (AvgIpc) is 3.68. The van der Waals surface area contributed by atoms with Crippen LogP contribution in [0.3, 0.4) is 0 Å². The Bertz CT molecular complexity index is 1390. The normalized spacial score (nSPS) is 14.1. The molecule has 0 radical (unpaired) electrons. The van der Waals surface area contributed by atoms with Crippen LogP contribution < -0.4 is 15.9 Å². The molecule has 0 unspecified atom stereocenters. The summed E-state index contributed by atoms with van der Waals surface area (Å²) in [5.74, 6) is 3.37. The summed E-state index contributed by atoms with van der Waals surface area (Å²) in [6.45, 7) is 1.65. The van der Waals surface area contributed by atoms with E-state index < -0.39 is 24.1 Å². The van der Waals surface area contributed by atoms with Gasteiger partial charge in [0.1, 0.15) is 11.5 Å². The fraction of sp³-hybridized carbons (Fsp3) is 0.407. The van der Waals surface area contributed by atoms with E-state index in [1.807, 2.05) is 24.7 Å². The molecule has 0 aliphatic heterocycles. The molecule has 39 heavy (non-hydrogen) atoms. The Labute approximate surface area is 227 Å². The summed E-state index contributed by atoms with van der Waals surface area (Å²) >= 11 is 0. The molecule has 0 spiro atoms. The van der Waals surface area contributed by atoms with Gasteiger partial charge in [-0.15, -0.1) is 0 Å². The molecule has 1 aliphatic rings. The molecule has 10 nitrogen and oxygen atoms in total. The second-order valence-electron chi connectivity index (χ2n) is 9.60. The number of benzene rings is 1. The number of fused-ring (bicyclic) bond motifs is 1. The van der Waals surface area contributed by atoms with Crippen LogP contribution in [0.15, 0.2) is 40.7 Å². The predicted molar refractivity (Wildman–Crippen MR) is 146 cm³/mol. The molecule has 1 aromatic carbocycles. The molecule has 0 saturated heterocycles. The summed E-state index contributed by atoms with van der Waals surface area (Å²) in [6, 6.07) is 4.40. The highest BCUT2D eigenvalue weighted by Crippen LogP contribution is 2.40. The van der Waals surface area contributed by atoms with E-state index in [2.05, 4.69) is 32.6 Å². The fourth-order valence-electron chi connectivity index (χ4n) is 4.03. The quantitative estimate of drug-likeness (QED) is 0.148. The highest BCUT2D eigenvalue weighted by Gasteiger charge is 2.25. The van der Waals surface area contributed by atoms with E-state index in [9.17, 15) is 13.6 Å². The monoisotopic (exact) mass is 543 g/mol. The number of imidazole rings is 1. The topological polar surface area (TPSA) is 119 Å². The number of nitrogens with two attached hydrogens (primary N) is 1. The highest BCUT2D eigenvalue weighted by atomic mass is 19.1. The van der Waals surface area contributed by atoms with Crippen molar-refractivity contribution < 1.29 is 24.5 Å². The minimum atomic E-state index is -0.892. The molecule has 0 atom stereocenters. The molecule has 2 aromatic heterocycles. The minimum absolute atomic E-state index is 0. The van der Waals surface area contributed by atoms with Crippen molar-refractivity contribution in [2.45, 2.75) is 38.5 Å². The Morgan fingerprint density at radius 1 is 1.33 bits per heavy atom. The summed E-state index contributed by atoms with van der Waals surface area (Å²) < 4.78 is 41.1.